The Kier molecular flexibility index (Phi) is 10.9. The molecule has 0 aliphatic carbocycles. The molecule has 1 saturated heterocycles. The predicted octanol–water partition coefficient (Wildman–Crippen LogP) is 3.97. The summed E-state index contributed by atoms with van der Waals surface area (Å²) in [5.74, 6) is 1.60. The first kappa shape index (κ1) is 24.2. The molecule has 7 heteroatoms. The van der Waals surface area contributed by atoms with E-state index in [1.807, 2.05) is 54.4 Å². The zero-order valence-electron chi connectivity index (χ0n) is 16.2. The summed E-state index contributed by atoms with van der Waals surface area (Å²) in [4.78, 5) is 18.9. The first-order valence-electron chi connectivity index (χ1n) is 9.33. The Morgan fingerprint density at radius 2 is 1.86 bits per heavy atom. The fourth-order valence-corrected chi connectivity index (χ4v) is 3.29. The summed E-state index contributed by atoms with van der Waals surface area (Å²) < 4.78 is 5.73. The number of pyridine rings is 1. The molecule has 1 N–H and O–H groups in total. The number of hydrogen-bond acceptors (Lipinski definition) is 4. The molecule has 0 spiro atoms. The van der Waals surface area contributed by atoms with E-state index in [1.165, 1.54) is 6.42 Å². The van der Waals surface area contributed by atoms with E-state index in [4.69, 9.17) is 4.74 Å². The van der Waals surface area contributed by atoms with Crippen LogP contribution in [0, 0.1) is 5.92 Å². The number of benzene rings is 1. The molecule has 3 rings (SSSR count). The molecule has 2 aromatic rings. The van der Waals surface area contributed by atoms with Crippen molar-refractivity contribution in [3.05, 3.63) is 59.9 Å². The van der Waals surface area contributed by atoms with Gasteiger partial charge in [0.15, 0.2) is 0 Å². The van der Waals surface area contributed by atoms with Crippen molar-refractivity contribution >= 4 is 30.7 Å². The van der Waals surface area contributed by atoms with E-state index in [0.29, 0.717) is 6.61 Å². The number of carbonyl (C=O) groups excluding carboxylic acids is 1. The van der Waals surface area contributed by atoms with E-state index in [2.05, 4.69) is 10.3 Å². The molecule has 0 saturated carbocycles. The van der Waals surface area contributed by atoms with Gasteiger partial charge < -0.3 is 15.0 Å². The highest BCUT2D eigenvalue weighted by atomic mass is 35.5. The van der Waals surface area contributed by atoms with Gasteiger partial charge in [-0.3, -0.25) is 9.78 Å². The van der Waals surface area contributed by atoms with Crippen molar-refractivity contribution in [3.63, 3.8) is 0 Å². The quantitative estimate of drug-likeness (QED) is 0.728. The Bertz CT molecular complexity index is 691. The number of ether oxygens (including phenoxy) is 1. The number of amides is 1. The highest BCUT2D eigenvalue weighted by Crippen LogP contribution is 2.22. The molecule has 5 nitrogen and oxygen atoms in total. The largest absolute Gasteiger partial charge is 0.487 e. The van der Waals surface area contributed by atoms with Crippen LogP contribution in [0.5, 0.6) is 5.75 Å². The second-order valence-electron chi connectivity index (χ2n) is 6.76. The van der Waals surface area contributed by atoms with Gasteiger partial charge in [0.1, 0.15) is 12.4 Å². The minimum Gasteiger partial charge on any atom is -0.487 e. The van der Waals surface area contributed by atoms with Gasteiger partial charge >= 0.3 is 0 Å². The molecule has 0 bridgehead atoms. The zero-order valence-corrected chi connectivity index (χ0v) is 17.8. The third kappa shape index (κ3) is 6.97. The fourth-order valence-electron chi connectivity index (χ4n) is 3.29. The summed E-state index contributed by atoms with van der Waals surface area (Å²) in [5.41, 5.74) is 1.61. The van der Waals surface area contributed by atoms with E-state index < -0.39 is 0 Å². The normalized spacial score (nSPS) is 14.0. The van der Waals surface area contributed by atoms with E-state index in [-0.39, 0.29) is 30.7 Å². The van der Waals surface area contributed by atoms with Crippen molar-refractivity contribution < 1.29 is 9.53 Å². The lowest BCUT2D eigenvalue weighted by Crippen LogP contribution is -2.38. The second kappa shape index (κ2) is 12.6. The van der Waals surface area contributed by atoms with Crippen LogP contribution in [0.1, 0.15) is 35.3 Å². The van der Waals surface area contributed by atoms with Crippen LogP contribution in [0.4, 0.5) is 0 Å². The van der Waals surface area contributed by atoms with Gasteiger partial charge in [0.2, 0.25) is 0 Å². The van der Waals surface area contributed by atoms with Crippen LogP contribution in [0.2, 0.25) is 0 Å². The first-order chi connectivity index (χ1) is 12.8. The Morgan fingerprint density at radius 1 is 1.14 bits per heavy atom. The molecule has 1 aromatic carbocycles. The van der Waals surface area contributed by atoms with Crippen molar-refractivity contribution in [2.45, 2.75) is 25.9 Å². The van der Waals surface area contributed by atoms with E-state index in [0.717, 1.165) is 55.4 Å². The maximum Gasteiger partial charge on any atom is 0.253 e. The molecule has 0 unspecified atom stereocenters. The van der Waals surface area contributed by atoms with Gasteiger partial charge in [0.25, 0.3) is 5.91 Å². The van der Waals surface area contributed by atoms with Gasteiger partial charge in [-0.1, -0.05) is 6.07 Å². The lowest BCUT2D eigenvalue weighted by molar-refractivity contribution is 0.0687. The number of hydrogen-bond donors (Lipinski definition) is 1. The number of carbonyl (C=O) groups is 1. The third-order valence-corrected chi connectivity index (χ3v) is 4.92. The van der Waals surface area contributed by atoms with E-state index in [9.17, 15) is 4.79 Å². The maximum atomic E-state index is 12.7. The molecule has 1 aliphatic heterocycles. The van der Waals surface area contributed by atoms with Gasteiger partial charge in [-0.25, -0.2) is 0 Å². The van der Waals surface area contributed by atoms with Crippen molar-refractivity contribution in [2.24, 2.45) is 5.92 Å². The van der Waals surface area contributed by atoms with Gasteiger partial charge in [-0.15, -0.1) is 24.8 Å². The van der Waals surface area contributed by atoms with Crippen LogP contribution >= 0.6 is 24.8 Å². The minimum absolute atomic E-state index is 0. The lowest BCUT2D eigenvalue weighted by atomic mass is 9.93. The molecule has 1 aromatic heterocycles. The van der Waals surface area contributed by atoms with Crippen LogP contribution in [0.25, 0.3) is 0 Å². The number of likely N-dealkylation sites (tertiary alicyclic amines) is 1. The van der Waals surface area contributed by atoms with Gasteiger partial charge in [-0.05, 0) is 75.2 Å². The first-order valence-corrected chi connectivity index (χ1v) is 9.33. The van der Waals surface area contributed by atoms with Crippen molar-refractivity contribution in [1.82, 2.24) is 15.2 Å². The highest BCUT2D eigenvalue weighted by Gasteiger charge is 2.23. The van der Waals surface area contributed by atoms with Crippen LogP contribution < -0.4 is 10.1 Å². The van der Waals surface area contributed by atoms with Crippen LogP contribution in [0.3, 0.4) is 0 Å². The fraction of sp³-hybridized carbons (Fsp3) is 0.429. The molecule has 1 amide bonds. The van der Waals surface area contributed by atoms with E-state index in [1.54, 1.807) is 6.20 Å². The standard InChI is InChI=1S/C21H27N3O2.2ClH/c1-22-13-9-17-10-14-24(15-11-17)21(25)18-5-7-20(8-6-18)26-16-19-4-2-3-12-23-19;;/h2-8,12,17,22H,9-11,13-16H2,1H3;2*1H. The van der Waals surface area contributed by atoms with Gasteiger partial charge in [0.05, 0.1) is 5.69 Å². The van der Waals surface area contributed by atoms with Crippen molar-refractivity contribution in [2.75, 3.05) is 26.7 Å². The summed E-state index contributed by atoms with van der Waals surface area (Å²) in [7, 11) is 1.99. The average Bonchev–Trinajstić information content (AvgIpc) is 2.72. The molecule has 0 atom stereocenters. The number of rotatable bonds is 7. The van der Waals surface area contributed by atoms with Gasteiger partial charge in [-0.2, -0.15) is 0 Å². The second-order valence-corrected chi connectivity index (χ2v) is 6.76. The molecule has 0 radical (unpaired) electrons. The summed E-state index contributed by atoms with van der Waals surface area (Å²) in [6.45, 7) is 3.18. The molecular formula is C21H29Cl2N3O2. The van der Waals surface area contributed by atoms with Crippen LogP contribution in [-0.4, -0.2) is 42.5 Å². The Labute approximate surface area is 179 Å². The molecule has 1 fully saturated rings. The topological polar surface area (TPSA) is 54.5 Å². The Morgan fingerprint density at radius 3 is 2.46 bits per heavy atom. The minimum atomic E-state index is 0. The number of halogens is 2. The average molecular weight is 426 g/mol. The maximum absolute atomic E-state index is 12.7. The summed E-state index contributed by atoms with van der Waals surface area (Å²) in [6.07, 6.45) is 5.14. The van der Waals surface area contributed by atoms with E-state index >= 15 is 0 Å². The Hall–Kier alpha value is -1.82. The molecule has 1 aliphatic rings. The zero-order chi connectivity index (χ0) is 18.2. The van der Waals surface area contributed by atoms with Crippen molar-refractivity contribution in [3.8, 4) is 5.75 Å². The van der Waals surface area contributed by atoms with Crippen molar-refractivity contribution in [1.29, 1.82) is 0 Å². The lowest BCUT2D eigenvalue weighted by Gasteiger charge is -2.32. The summed E-state index contributed by atoms with van der Waals surface area (Å²) >= 11 is 0. The Balaban J connectivity index is 0.00000196. The number of piperidine rings is 1. The number of aromatic nitrogens is 1. The SMILES string of the molecule is CNCCC1CCN(C(=O)c2ccc(OCc3ccccn3)cc2)CC1.Cl.Cl. The number of nitrogens with one attached hydrogen (secondary N) is 1. The molecule has 154 valence electrons. The monoisotopic (exact) mass is 425 g/mol. The highest BCUT2D eigenvalue weighted by molar-refractivity contribution is 5.94. The van der Waals surface area contributed by atoms with Gasteiger partial charge in [0, 0.05) is 24.8 Å². The molecule has 2 heterocycles. The predicted molar refractivity (Wildman–Crippen MR) is 117 cm³/mol. The summed E-state index contributed by atoms with van der Waals surface area (Å²) in [5, 5.41) is 3.20. The van der Waals surface area contributed by atoms with Crippen LogP contribution in [0.15, 0.2) is 48.7 Å². The molecule has 28 heavy (non-hydrogen) atoms. The molecular weight excluding hydrogens is 397 g/mol. The summed E-state index contributed by atoms with van der Waals surface area (Å²) in [6, 6.07) is 13.2. The smallest absolute Gasteiger partial charge is 0.253 e. The third-order valence-electron chi connectivity index (χ3n) is 4.92. The van der Waals surface area contributed by atoms with Crippen LogP contribution in [-0.2, 0) is 6.61 Å². The number of nitrogens with zero attached hydrogens (tertiary/aromatic N) is 2.